The van der Waals surface area contributed by atoms with Crippen LogP contribution in [-0.2, 0) is 27.4 Å². The fraction of sp³-hybridized carbons (Fsp3) is 0.419. The molecular weight excluding hydrogens is 560 g/mol. The van der Waals surface area contributed by atoms with Crippen LogP contribution in [0.3, 0.4) is 0 Å². The summed E-state index contributed by atoms with van der Waals surface area (Å²) in [7, 11) is 3.99. The maximum absolute atomic E-state index is 13.0. The number of carbonyl (C=O) groups is 2. The SMILES string of the molecule is COC(=O)C[C@@H](c1cc(OC)c(OC(C)=O)c(OC)c1)c1oc(CN2C[C@@H]3C[C@H](C2)c2cccc(=O)n2C3)cc(=O)c1O. The third-order valence-electron chi connectivity index (χ3n) is 7.98. The van der Waals surface area contributed by atoms with Crippen molar-refractivity contribution in [2.24, 2.45) is 5.92 Å². The second kappa shape index (κ2) is 12.3. The molecule has 2 aliphatic rings. The first-order chi connectivity index (χ1) is 20.6. The minimum atomic E-state index is -0.978. The topological polar surface area (TPSA) is 147 Å². The molecule has 0 amide bonds. The molecule has 228 valence electrons. The number of benzene rings is 1. The highest BCUT2D eigenvalue weighted by atomic mass is 16.6. The number of nitrogens with zero attached hydrogens (tertiary/aromatic N) is 2. The Morgan fingerprint density at radius 2 is 1.77 bits per heavy atom. The van der Waals surface area contributed by atoms with Crippen LogP contribution in [0.4, 0.5) is 0 Å². The summed E-state index contributed by atoms with van der Waals surface area (Å²) in [6.07, 6.45) is 0.689. The average molecular weight is 595 g/mol. The molecule has 12 heteroatoms. The number of esters is 2. The van der Waals surface area contributed by atoms with E-state index < -0.39 is 29.0 Å². The van der Waals surface area contributed by atoms with Gasteiger partial charge < -0.3 is 33.0 Å². The highest BCUT2D eigenvalue weighted by Gasteiger charge is 2.35. The first kappa shape index (κ1) is 29.9. The van der Waals surface area contributed by atoms with Gasteiger partial charge in [0.05, 0.1) is 40.2 Å². The Morgan fingerprint density at radius 1 is 1.05 bits per heavy atom. The predicted molar refractivity (Wildman–Crippen MR) is 153 cm³/mol. The zero-order valence-corrected chi connectivity index (χ0v) is 24.5. The van der Waals surface area contributed by atoms with Crippen LogP contribution in [-0.4, -0.2) is 60.9 Å². The molecule has 0 saturated carbocycles. The van der Waals surface area contributed by atoms with E-state index in [1.807, 2.05) is 10.6 Å². The lowest BCUT2D eigenvalue weighted by Gasteiger charge is -2.42. The van der Waals surface area contributed by atoms with Crippen LogP contribution in [0.2, 0.25) is 0 Å². The van der Waals surface area contributed by atoms with Gasteiger partial charge in [-0.2, -0.15) is 0 Å². The molecule has 2 aromatic heterocycles. The Balaban J connectivity index is 1.51. The lowest BCUT2D eigenvalue weighted by atomic mass is 9.83. The number of aromatic nitrogens is 1. The van der Waals surface area contributed by atoms with Gasteiger partial charge in [0.1, 0.15) is 5.76 Å². The molecule has 1 aromatic carbocycles. The zero-order chi connectivity index (χ0) is 30.8. The summed E-state index contributed by atoms with van der Waals surface area (Å²) in [6.45, 7) is 3.52. The monoisotopic (exact) mass is 594 g/mol. The molecule has 2 aliphatic heterocycles. The fourth-order valence-corrected chi connectivity index (χ4v) is 6.17. The van der Waals surface area contributed by atoms with E-state index in [0.29, 0.717) is 31.0 Å². The minimum absolute atomic E-state index is 0.000575. The number of ether oxygens (including phenoxy) is 4. The average Bonchev–Trinajstić information content (AvgIpc) is 2.98. The van der Waals surface area contributed by atoms with Crippen molar-refractivity contribution < 1.29 is 38.1 Å². The van der Waals surface area contributed by atoms with Gasteiger partial charge in [0, 0.05) is 50.3 Å². The Labute approximate surface area is 247 Å². The number of hydrogen-bond acceptors (Lipinski definition) is 11. The summed E-state index contributed by atoms with van der Waals surface area (Å²) >= 11 is 0. The molecule has 1 saturated heterocycles. The summed E-state index contributed by atoms with van der Waals surface area (Å²) in [5.74, 6) is -1.89. The summed E-state index contributed by atoms with van der Waals surface area (Å²) in [6, 6.07) is 9.63. The first-order valence-corrected chi connectivity index (χ1v) is 13.9. The van der Waals surface area contributed by atoms with Crippen LogP contribution in [0.1, 0.15) is 54.4 Å². The highest BCUT2D eigenvalue weighted by Crippen LogP contribution is 2.44. The smallest absolute Gasteiger partial charge is 0.308 e. The number of likely N-dealkylation sites (tertiary alicyclic amines) is 1. The Bertz CT molecular complexity index is 1630. The van der Waals surface area contributed by atoms with Gasteiger partial charge in [0.2, 0.25) is 16.9 Å². The highest BCUT2D eigenvalue weighted by molar-refractivity contribution is 5.74. The summed E-state index contributed by atoms with van der Waals surface area (Å²) < 4.78 is 29.1. The van der Waals surface area contributed by atoms with Crippen LogP contribution in [0.25, 0.3) is 0 Å². The normalized spacial score (nSPS) is 18.3. The second-order valence-corrected chi connectivity index (χ2v) is 10.9. The molecule has 1 fully saturated rings. The first-order valence-electron chi connectivity index (χ1n) is 13.9. The van der Waals surface area contributed by atoms with Crippen molar-refractivity contribution in [3.05, 3.63) is 79.8 Å². The Kier molecular flexibility index (Phi) is 8.58. The van der Waals surface area contributed by atoms with Gasteiger partial charge in [-0.25, -0.2) is 0 Å². The molecular formula is C31H34N2O10. The van der Waals surface area contributed by atoms with Gasteiger partial charge >= 0.3 is 11.9 Å². The van der Waals surface area contributed by atoms with Gasteiger partial charge in [-0.15, -0.1) is 0 Å². The van der Waals surface area contributed by atoms with E-state index in [1.165, 1.54) is 46.5 Å². The second-order valence-electron chi connectivity index (χ2n) is 10.9. The molecule has 0 radical (unpaired) electrons. The molecule has 43 heavy (non-hydrogen) atoms. The zero-order valence-electron chi connectivity index (χ0n) is 24.5. The molecule has 12 nitrogen and oxygen atoms in total. The van der Waals surface area contributed by atoms with E-state index in [1.54, 1.807) is 12.1 Å². The van der Waals surface area contributed by atoms with E-state index in [9.17, 15) is 24.3 Å². The predicted octanol–water partition coefficient (Wildman–Crippen LogP) is 2.76. The van der Waals surface area contributed by atoms with Crippen molar-refractivity contribution >= 4 is 11.9 Å². The molecule has 4 heterocycles. The van der Waals surface area contributed by atoms with Gasteiger partial charge in [-0.05, 0) is 36.1 Å². The number of carbonyl (C=O) groups excluding carboxylic acids is 2. The number of rotatable bonds is 9. The van der Waals surface area contributed by atoms with E-state index in [0.717, 1.165) is 12.1 Å². The number of piperidine rings is 1. The maximum Gasteiger partial charge on any atom is 0.308 e. The molecule has 2 bridgehead atoms. The third-order valence-corrected chi connectivity index (χ3v) is 7.98. The van der Waals surface area contributed by atoms with Crippen molar-refractivity contribution in [2.75, 3.05) is 34.4 Å². The number of methoxy groups -OCH3 is 3. The summed E-state index contributed by atoms with van der Waals surface area (Å²) in [5, 5.41) is 10.9. The van der Waals surface area contributed by atoms with Crippen LogP contribution in [0.5, 0.6) is 23.0 Å². The van der Waals surface area contributed by atoms with Crippen LogP contribution in [0.15, 0.2) is 50.4 Å². The van der Waals surface area contributed by atoms with Crippen LogP contribution < -0.4 is 25.2 Å². The van der Waals surface area contributed by atoms with Gasteiger partial charge in [-0.1, -0.05) is 6.07 Å². The maximum atomic E-state index is 13.0. The molecule has 3 aromatic rings. The number of fused-ring (bicyclic) bond motifs is 4. The number of pyridine rings is 1. The molecule has 1 N–H and O–H groups in total. The molecule has 3 atom stereocenters. The standard InChI is InChI=1S/C31H34N2O10/c1-17(34)42-31-25(39-2)9-19(10-26(31)40-3)22(12-28(37)41-4)30-29(38)24(35)11-21(43-30)16-32-13-18-8-20(15-32)23-6-5-7-27(36)33(23)14-18/h5-7,9-11,18,20,22,38H,8,12-16H2,1-4H3/t18-,20+,22-/m0/s1. The van der Waals surface area contributed by atoms with E-state index in [-0.39, 0.29) is 53.4 Å². The fourth-order valence-electron chi connectivity index (χ4n) is 6.17. The van der Waals surface area contributed by atoms with Crippen molar-refractivity contribution in [2.45, 2.75) is 44.7 Å². The minimum Gasteiger partial charge on any atom is -0.502 e. The van der Waals surface area contributed by atoms with Gasteiger partial charge in [0.25, 0.3) is 5.56 Å². The Hall–Kier alpha value is -4.58. The third kappa shape index (κ3) is 6.14. The molecule has 0 aliphatic carbocycles. The Morgan fingerprint density at radius 3 is 2.42 bits per heavy atom. The number of hydrogen-bond donors (Lipinski definition) is 1. The van der Waals surface area contributed by atoms with Gasteiger partial charge in [-0.3, -0.25) is 24.1 Å². The lowest BCUT2D eigenvalue weighted by Crippen LogP contribution is -2.46. The largest absolute Gasteiger partial charge is 0.502 e. The summed E-state index contributed by atoms with van der Waals surface area (Å²) in [4.78, 5) is 51.8. The van der Waals surface area contributed by atoms with Crippen molar-refractivity contribution in [1.82, 2.24) is 9.47 Å². The van der Waals surface area contributed by atoms with Crippen molar-refractivity contribution in [3.8, 4) is 23.0 Å². The van der Waals surface area contributed by atoms with Crippen molar-refractivity contribution in [3.63, 3.8) is 0 Å². The quantitative estimate of drug-likeness (QED) is 0.288. The molecule has 5 rings (SSSR count). The van der Waals surface area contributed by atoms with E-state index >= 15 is 0 Å². The van der Waals surface area contributed by atoms with Crippen LogP contribution >= 0.6 is 0 Å². The van der Waals surface area contributed by atoms with Gasteiger partial charge in [0.15, 0.2) is 17.3 Å². The molecule has 0 unspecified atom stereocenters. The van der Waals surface area contributed by atoms with Crippen LogP contribution in [0, 0.1) is 5.92 Å². The molecule has 0 spiro atoms. The lowest BCUT2D eigenvalue weighted by molar-refractivity contribution is -0.141. The van der Waals surface area contributed by atoms with E-state index in [2.05, 4.69) is 4.90 Å². The number of aromatic hydroxyl groups is 1. The van der Waals surface area contributed by atoms with E-state index in [4.69, 9.17) is 23.4 Å². The van der Waals surface area contributed by atoms with Crippen molar-refractivity contribution in [1.29, 1.82) is 0 Å². The summed E-state index contributed by atoms with van der Waals surface area (Å²) in [5.41, 5.74) is 0.732.